The molecule has 1 atom stereocenters. The number of likely N-dealkylation sites (tertiary alicyclic amines) is 1. The molecule has 1 aromatic carbocycles. The minimum Gasteiger partial charge on any atom is -0.325 e. The van der Waals surface area contributed by atoms with Crippen molar-refractivity contribution >= 4 is 11.6 Å². The SMILES string of the molecule is CC(C)N1CCCC1C(=O)Nc1cccc(-n2cc[nH]c2=O)c1. The Morgan fingerprint density at radius 3 is 2.91 bits per heavy atom. The van der Waals surface area contributed by atoms with Crippen LogP contribution in [0.2, 0.25) is 0 Å². The molecule has 1 aliphatic heterocycles. The third kappa shape index (κ3) is 3.22. The quantitative estimate of drug-likeness (QED) is 0.906. The fourth-order valence-electron chi connectivity index (χ4n) is 3.17. The van der Waals surface area contributed by atoms with E-state index in [0.29, 0.717) is 11.7 Å². The molecule has 2 aromatic rings. The van der Waals surface area contributed by atoms with Gasteiger partial charge in [0, 0.05) is 24.1 Å². The summed E-state index contributed by atoms with van der Waals surface area (Å²) in [7, 11) is 0. The zero-order valence-corrected chi connectivity index (χ0v) is 13.5. The van der Waals surface area contributed by atoms with E-state index in [4.69, 9.17) is 0 Å². The van der Waals surface area contributed by atoms with Gasteiger partial charge in [-0.1, -0.05) is 6.07 Å². The van der Waals surface area contributed by atoms with Crippen molar-refractivity contribution in [1.82, 2.24) is 14.5 Å². The number of nitrogens with zero attached hydrogens (tertiary/aromatic N) is 2. The van der Waals surface area contributed by atoms with Gasteiger partial charge in [-0.05, 0) is 51.4 Å². The summed E-state index contributed by atoms with van der Waals surface area (Å²) in [6.07, 6.45) is 5.20. The molecule has 2 heterocycles. The van der Waals surface area contributed by atoms with E-state index in [1.165, 1.54) is 4.57 Å². The number of imidazole rings is 1. The number of aromatic nitrogens is 2. The number of H-pyrrole nitrogens is 1. The van der Waals surface area contributed by atoms with Crippen LogP contribution in [0.15, 0.2) is 41.5 Å². The van der Waals surface area contributed by atoms with Crippen LogP contribution in [0.5, 0.6) is 0 Å². The molecule has 1 aliphatic rings. The molecule has 122 valence electrons. The number of rotatable bonds is 4. The first-order valence-electron chi connectivity index (χ1n) is 7.99. The molecule has 1 amide bonds. The largest absolute Gasteiger partial charge is 0.330 e. The predicted molar refractivity (Wildman–Crippen MR) is 89.9 cm³/mol. The van der Waals surface area contributed by atoms with Crippen molar-refractivity contribution in [1.29, 1.82) is 0 Å². The van der Waals surface area contributed by atoms with Crippen LogP contribution in [-0.2, 0) is 4.79 Å². The summed E-state index contributed by atoms with van der Waals surface area (Å²) >= 11 is 0. The van der Waals surface area contributed by atoms with Gasteiger partial charge in [0.2, 0.25) is 5.91 Å². The Kier molecular flexibility index (Phi) is 4.34. The Hall–Kier alpha value is -2.34. The number of amides is 1. The van der Waals surface area contributed by atoms with Crippen LogP contribution in [0.4, 0.5) is 5.69 Å². The highest BCUT2D eigenvalue weighted by Gasteiger charge is 2.32. The lowest BCUT2D eigenvalue weighted by atomic mass is 10.1. The van der Waals surface area contributed by atoms with E-state index >= 15 is 0 Å². The van der Waals surface area contributed by atoms with Gasteiger partial charge in [-0.3, -0.25) is 14.3 Å². The molecule has 6 heteroatoms. The van der Waals surface area contributed by atoms with Gasteiger partial charge in [-0.25, -0.2) is 4.79 Å². The van der Waals surface area contributed by atoms with Gasteiger partial charge in [0.05, 0.1) is 11.7 Å². The monoisotopic (exact) mass is 314 g/mol. The second-order valence-electron chi connectivity index (χ2n) is 6.16. The van der Waals surface area contributed by atoms with Crippen molar-refractivity contribution in [3.63, 3.8) is 0 Å². The summed E-state index contributed by atoms with van der Waals surface area (Å²) in [5.41, 5.74) is 1.23. The minimum atomic E-state index is -0.199. The summed E-state index contributed by atoms with van der Waals surface area (Å²) in [5, 5.41) is 2.98. The molecular weight excluding hydrogens is 292 g/mol. The predicted octanol–water partition coefficient (Wildman–Crippen LogP) is 1.98. The number of benzene rings is 1. The summed E-state index contributed by atoms with van der Waals surface area (Å²) in [5.74, 6) is 0.0229. The van der Waals surface area contributed by atoms with Crippen LogP contribution >= 0.6 is 0 Å². The molecule has 0 radical (unpaired) electrons. The number of anilines is 1. The topological polar surface area (TPSA) is 70.1 Å². The molecule has 3 rings (SSSR count). The Bertz CT molecular complexity index is 747. The highest BCUT2D eigenvalue weighted by molar-refractivity contribution is 5.95. The van der Waals surface area contributed by atoms with Gasteiger partial charge in [-0.2, -0.15) is 0 Å². The zero-order chi connectivity index (χ0) is 16.4. The van der Waals surface area contributed by atoms with Crippen molar-refractivity contribution in [2.24, 2.45) is 0 Å². The van der Waals surface area contributed by atoms with Gasteiger partial charge in [0.15, 0.2) is 0 Å². The fourth-order valence-corrected chi connectivity index (χ4v) is 3.17. The second kappa shape index (κ2) is 6.42. The molecule has 1 unspecified atom stereocenters. The van der Waals surface area contributed by atoms with Crippen molar-refractivity contribution in [2.45, 2.75) is 38.8 Å². The highest BCUT2D eigenvalue weighted by Crippen LogP contribution is 2.22. The molecule has 0 aliphatic carbocycles. The summed E-state index contributed by atoms with van der Waals surface area (Å²) in [6, 6.07) is 7.60. The fraction of sp³-hybridized carbons (Fsp3) is 0.412. The van der Waals surface area contributed by atoms with Crippen LogP contribution < -0.4 is 11.0 Å². The van der Waals surface area contributed by atoms with Gasteiger partial charge >= 0.3 is 5.69 Å². The van der Waals surface area contributed by atoms with Crippen LogP contribution in [0, 0.1) is 0 Å². The maximum absolute atomic E-state index is 12.6. The van der Waals surface area contributed by atoms with E-state index in [-0.39, 0.29) is 17.6 Å². The number of aromatic amines is 1. The van der Waals surface area contributed by atoms with Crippen LogP contribution in [0.3, 0.4) is 0 Å². The minimum absolute atomic E-state index is 0.0229. The van der Waals surface area contributed by atoms with Crippen molar-refractivity contribution in [2.75, 3.05) is 11.9 Å². The first-order chi connectivity index (χ1) is 11.1. The molecule has 0 bridgehead atoms. The van der Waals surface area contributed by atoms with E-state index in [9.17, 15) is 9.59 Å². The Morgan fingerprint density at radius 1 is 1.39 bits per heavy atom. The number of carbonyl (C=O) groups excluding carboxylic acids is 1. The average Bonchev–Trinajstić information content (AvgIpc) is 3.16. The molecule has 0 spiro atoms. The van der Waals surface area contributed by atoms with E-state index in [1.54, 1.807) is 12.4 Å². The van der Waals surface area contributed by atoms with Crippen LogP contribution in [0.1, 0.15) is 26.7 Å². The zero-order valence-electron chi connectivity index (χ0n) is 13.5. The molecular formula is C17H22N4O2. The molecule has 23 heavy (non-hydrogen) atoms. The van der Waals surface area contributed by atoms with Crippen molar-refractivity contribution in [3.8, 4) is 5.69 Å². The lowest BCUT2D eigenvalue weighted by Gasteiger charge is -2.27. The maximum Gasteiger partial charge on any atom is 0.330 e. The Morgan fingerprint density at radius 2 is 2.22 bits per heavy atom. The van der Waals surface area contributed by atoms with E-state index < -0.39 is 0 Å². The van der Waals surface area contributed by atoms with Gasteiger partial charge in [0.1, 0.15) is 0 Å². The van der Waals surface area contributed by atoms with Crippen LogP contribution in [-0.4, -0.2) is 39.0 Å². The molecule has 2 N–H and O–H groups in total. The van der Waals surface area contributed by atoms with Crippen molar-refractivity contribution < 1.29 is 4.79 Å². The van der Waals surface area contributed by atoms with Crippen molar-refractivity contribution in [3.05, 3.63) is 47.1 Å². The second-order valence-corrected chi connectivity index (χ2v) is 6.16. The highest BCUT2D eigenvalue weighted by atomic mass is 16.2. The molecule has 1 saturated heterocycles. The summed E-state index contributed by atoms with van der Waals surface area (Å²) in [6.45, 7) is 5.20. The lowest BCUT2D eigenvalue weighted by molar-refractivity contribution is -0.120. The molecule has 1 aromatic heterocycles. The molecule has 0 saturated carbocycles. The Balaban J connectivity index is 1.77. The van der Waals surface area contributed by atoms with E-state index in [2.05, 4.69) is 29.0 Å². The van der Waals surface area contributed by atoms with Crippen LogP contribution in [0.25, 0.3) is 5.69 Å². The first-order valence-corrected chi connectivity index (χ1v) is 7.99. The van der Waals surface area contributed by atoms with Gasteiger partial charge in [0.25, 0.3) is 0 Å². The number of hydrogen-bond acceptors (Lipinski definition) is 3. The summed E-state index contributed by atoms with van der Waals surface area (Å²) in [4.78, 5) is 29.1. The summed E-state index contributed by atoms with van der Waals surface area (Å²) < 4.78 is 1.51. The van der Waals surface area contributed by atoms with Gasteiger partial charge < -0.3 is 10.3 Å². The number of hydrogen-bond donors (Lipinski definition) is 2. The standard InChI is InChI=1S/C17H22N4O2/c1-12(2)20-9-4-7-15(20)16(22)19-13-5-3-6-14(11-13)21-10-8-18-17(21)23/h3,5-6,8,10-12,15H,4,7,9H2,1-2H3,(H,18,23)(H,19,22). The normalized spacial score (nSPS) is 18.5. The maximum atomic E-state index is 12.6. The average molecular weight is 314 g/mol. The van der Waals surface area contributed by atoms with E-state index in [0.717, 1.165) is 25.1 Å². The number of nitrogens with one attached hydrogen (secondary N) is 2. The molecule has 6 nitrogen and oxygen atoms in total. The third-order valence-corrected chi connectivity index (χ3v) is 4.30. The van der Waals surface area contributed by atoms with E-state index in [1.807, 2.05) is 24.3 Å². The third-order valence-electron chi connectivity index (χ3n) is 4.30. The smallest absolute Gasteiger partial charge is 0.325 e. The molecule has 1 fully saturated rings. The Labute approximate surface area is 135 Å². The first kappa shape index (κ1) is 15.6. The van der Waals surface area contributed by atoms with Gasteiger partial charge in [-0.15, -0.1) is 0 Å². The lowest BCUT2D eigenvalue weighted by Crippen LogP contribution is -2.43. The number of carbonyl (C=O) groups is 1.